The van der Waals surface area contributed by atoms with Gasteiger partial charge in [0.1, 0.15) is 18.0 Å². The van der Waals surface area contributed by atoms with E-state index in [9.17, 15) is 9.90 Å². The topological polar surface area (TPSA) is 49.8 Å². The number of nitrogens with zero attached hydrogens (tertiary/aromatic N) is 1. The number of rotatable bonds is 1. The lowest BCUT2D eigenvalue weighted by molar-refractivity contribution is -0.148. The maximum atomic E-state index is 12.0. The third kappa shape index (κ3) is 2.58. The first kappa shape index (κ1) is 11.9. The van der Waals surface area contributed by atoms with E-state index in [1.807, 2.05) is 24.3 Å². The predicted molar refractivity (Wildman–Crippen MR) is 63.7 cm³/mol. The zero-order chi connectivity index (χ0) is 12.5. The van der Waals surface area contributed by atoms with Crippen LogP contribution < -0.4 is 4.74 Å². The van der Waals surface area contributed by atoms with Crippen molar-refractivity contribution in [3.63, 3.8) is 0 Å². The van der Waals surface area contributed by atoms with Crippen molar-refractivity contribution in [1.29, 1.82) is 0 Å². The van der Waals surface area contributed by atoms with Crippen LogP contribution in [0.1, 0.15) is 19.4 Å². The molecule has 1 heterocycles. The molecule has 2 rings (SSSR count). The van der Waals surface area contributed by atoms with Gasteiger partial charge in [-0.05, 0) is 19.9 Å². The Bertz CT molecular complexity index is 423. The van der Waals surface area contributed by atoms with Crippen LogP contribution in [0.3, 0.4) is 0 Å². The normalized spacial score (nSPS) is 15.8. The molecule has 4 heteroatoms. The molecule has 0 atom stereocenters. The summed E-state index contributed by atoms with van der Waals surface area (Å²) >= 11 is 0. The van der Waals surface area contributed by atoms with Crippen LogP contribution in [0.2, 0.25) is 0 Å². The highest BCUT2D eigenvalue weighted by atomic mass is 16.5. The van der Waals surface area contributed by atoms with E-state index in [2.05, 4.69) is 0 Å². The van der Waals surface area contributed by atoms with E-state index >= 15 is 0 Å². The van der Waals surface area contributed by atoms with Crippen molar-refractivity contribution in [3.05, 3.63) is 29.8 Å². The monoisotopic (exact) mass is 235 g/mol. The summed E-state index contributed by atoms with van der Waals surface area (Å²) < 4.78 is 5.57. The first-order valence-corrected chi connectivity index (χ1v) is 5.71. The minimum Gasteiger partial charge on any atom is -0.491 e. The molecular weight excluding hydrogens is 218 g/mol. The molecule has 4 nitrogen and oxygen atoms in total. The number of carbonyl (C=O) groups is 1. The van der Waals surface area contributed by atoms with Crippen LogP contribution in [0.15, 0.2) is 24.3 Å². The molecule has 1 amide bonds. The van der Waals surface area contributed by atoms with Crippen molar-refractivity contribution >= 4 is 5.91 Å². The Hall–Kier alpha value is -1.55. The summed E-state index contributed by atoms with van der Waals surface area (Å²) in [4.78, 5) is 13.6. The number of ether oxygens (including phenoxy) is 1. The van der Waals surface area contributed by atoms with Gasteiger partial charge >= 0.3 is 0 Å². The van der Waals surface area contributed by atoms with Gasteiger partial charge in [0.2, 0.25) is 0 Å². The van der Waals surface area contributed by atoms with Crippen LogP contribution in [0, 0.1) is 0 Å². The van der Waals surface area contributed by atoms with Gasteiger partial charge in [-0.1, -0.05) is 18.2 Å². The van der Waals surface area contributed by atoms with Crippen molar-refractivity contribution in [2.45, 2.75) is 26.0 Å². The number of benzene rings is 1. The molecule has 1 aromatic rings. The predicted octanol–water partition coefficient (Wildman–Crippen LogP) is 1.18. The molecule has 0 aromatic heterocycles. The molecule has 0 saturated heterocycles. The Kier molecular flexibility index (Phi) is 3.07. The van der Waals surface area contributed by atoms with E-state index in [1.165, 1.54) is 13.8 Å². The molecule has 0 fully saturated rings. The summed E-state index contributed by atoms with van der Waals surface area (Å²) in [5, 5.41) is 9.75. The molecule has 0 bridgehead atoms. The Balaban J connectivity index is 2.22. The second kappa shape index (κ2) is 4.37. The van der Waals surface area contributed by atoms with Crippen LogP contribution in [0.25, 0.3) is 0 Å². The van der Waals surface area contributed by atoms with Gasteiger partial charge in [0.15, 0.2) is 0 Å². The Morgan fingerprint density at radius 2 is 2.12 bits per heavy atom. The van der Waals surface area contributed by atoms with E-state index in [-0.39, 0.29) is 5.91 Å². The fraction of sp³-hybridized carbons (Fsp3) is 0.462. The lowest BCUT2D eigenvalue weighted by Crippen LogP contribution is -2.45. The van der Waals surface area contributed by atoms with E-state index in [4.69, 9.17) is 4.74 Å². The molecule has 17 heavy (non-hydrogen) atoms. The maximum absolute atomic E-state index is 12.0. The quantitative estimate of drug-likeness (QED) is 0.795. The number of para-hydroxylation sites is 1. The number of carbonyl (C=O) groups excluding carboxylic acids is 1. The second-order valence-electron chi connectivity index (χ2n) is 4.74. The van der Waals surface area contributed by atoms with Gasteiger partial charge in [-0.2, -0.15) is 0 Å². The maximum Gasteiger partial charge on any atom is 0.254 e. The van der Waals surface area contributed by atoms with Crippen LogP contribution >= 0.6 is 0 Å². The number of aliphatic hydroxyl groups is 1. The molecule has 1 aliphatic rings. The molecule has 1 aromatic carbocycles. The fourth-order valence-electron chi connectivity index (χ4n) is 1.89. The van der Waals surface area contributed by atoms with Crippen molar-refractivity contribution in [2.24, 2.45) is 0 Å². The van der Waals surface area contributed by atoms with Crippen LogP contribution in [0.4, 0.5) is 0 Å². The molecule has 0 aliphatic carbocycles. The molecule has 1 aliphatic heterocycles. The van der Waals surface area contributed by atoms with E-state index < -0.39 is 5.60 Å². The lowest BCUT2D eigenvalue weighted by Gasteiger charge is -2.26. The van der Waals surface area contributed by atoms with Gasteiger partial charge in [-0.3, -0.25) is 4.79 Å². The van der Waals surface area contributed by atoms with Crippen LogP contribution in [-0.4, -0.2) is 34.7 Å². The Morgan fingerprint density at radius 3 is 2.82 bits per heavy atom. The van der Waals surface area contributed by atoms with Crippen molar-refractivity contribution in [3.8, 4) is 5.75 Å². The van der Waals surface area contributed by atoms with Gasteiger partial charge in [0.05, 0.1) is 6.54 Å². The lowest BCUT2D eigenvalue weighted by atomic mass is 10.1. The van der Waals surface area contributed by atoms with Gasteiger partial charge in [0, 0.05) is 12.1 Å². The summed E-state index contributed by atoms with van der Waals surface area (Å²) in [6.07, 6.45) is 0. The smallest absolute Gasteiger partial charge is 0.254 e. The first-order chi connectivity index (χ1) is 7.98. The first-order valence-electron chi connectivity index (χ1n) is 5.71. The van der Waals surface area contributed by atoms with Crippen LogP contribution in [-0.2, 0) is 11.3 Å². The molecule has 1 N–H and O–H groups in total. The number of hydrogen-bond acceptors (Lipinski definition) is 3. The second-order valence-corrected chi connectivity index (χ2v) is 4.74. The minimum absolute atomic E-state index is 0.266. The molecule has 0 saturated carbocycles. The third-order valence-electron chi connectivity index (χ3n) is 2.76. The fourth-order valence-corrected chi connectivity index (χ4v) is 1.89. The number of hydrogen-bond donors (Lipinski definition) is 1. The highest BCUT2D eigenvalue weighted by molar-refractivity contribution is 5.84. The average Bonchev–Trinajstić information content (AvgIpc) is 2.48. The van der Waals surface area contributed by atoms with E-state index in [1.54, 1.807) is 4.90 Å². The summed E-state index contributed by atoms with van der Waals surface area (Å²) in [6, 6.07) is 7.66. The third-order valence-corrected chi connectivity index (χ3v) is 2.76. The highest BCUT2D eigenvalue weighted by Gasteiger charge is 2.30. The standard InChI is InChI=1S/C13H17NO3/c1-13(2,16)12(15)14-7-8-17-11-6-4-3-5-10(11)9-14/h3-6,16H,7-9H2,1-2H3. The van der Waals surface area contributed by atoms with E-state index in [0.29, 0.717) is 19.7 Å². The van der Waals surface area contributed by atoms with Gasteiger partial charge in [-0.15, -0.1) is 0 Å². The molecule has 92 valence electrons. The minimum atomic E-state index is -1.33. The zero-order valence-electron chi connectivity index (χ0n) is 10.1. The number of fused-ring (bicyclic) bond motifs is 1. The molecule has 0 unspecified atom stereocenters. The highest BCUT2D eigenvalue weighted by Crippen LogP contribution is 2.23. The largest absolute Gasteiger partial charge is 0.491 e. The molecule has 0 radical (unpaired) electrons. The van der Waals surface area contributed by atoms with Gasteiger partial charge in [0.25, 0.3) is 5.91 Å². The van der Waals surface area contributed by atoms with E-state index in [0.717, 1.165) is 11.3 Å². The molecule has 0 spiro atoms. The van der Waals surface area contributed by atoms with Gasteiger partial charge < -0.3 is 14.7 Å². The Morgan fingerprint density at radius 1 is 1.41 bits per heavy atom. The zero-order valence-corrected chi connectivity index (χ0v) is 10.1. The molecular formula is C13H17NO3. The van der Waals surface area contributed by atoms with Gasteiger partial charge in [-0.25, -0.2) is 0 Å². The van der Waals surface area contributed by atoms with Crippen LogP contribution in [0.5, 0.6) is 5.75 Å². The Labute approximate surface area is 101 Å². The number of amides is 1. The summed E-state index contributed by atoms with van der Waals surface area (Å²) in [5.41, 5.74) is -0.359. The summed E-state index contributed by atoms with van der Waals surface area (Å²) in [6.45, 7) is 4.45. The van der Waals surface area contributed by atoms with Crippen molar-refractivity contribution < 1.29 is 14.6 Å². The van der Waals surface area contributed by atoms with Crippen molar-refractivity contribution in [1.82, 2.24) is 4.90 Å². The summed E-state index contributed by atoms with van der Waals surface area (Å²) in [7, 11) is 0. The summed E-state index contributed by atoms with van der Waals surface area (Å²) in [5.74, 6) is 0.552. The van der Waals surface area contributed by atoms with Crippen molar-refractivity contribution in [2.75, 3.05) is 13.2 Å². The SMILES string of the molecule is CC(C)(O)C(=O)N1CCOc2ccccc2C1. The average molecular weight is 235 g/mol.